The first-order valence-corrected chi connectivity index (χ1v) is 55.1. The lowest BCUT2D eigenvalue weighted by molar-refractivity contribution is -0.161. The highest BCUT2D eigenvalue weighted by Crippen LogP contribution is 2.45. The third kappa shape index (κ3) is 103. The predicted molar refractivity (Wildman–Crippen MR) is 546 cm³/mol. The van der Waals surface area contributed by atoms with E-state index in [0.717, 1.165) is 167 Å². The molecule has 0 aromatic rings. The average molecular weight is 1840 g/mol. The first-order chi connectivity index (χ1) is 63.2. The van der Waals surface area contributed by atoms with Gasteiger partial charge in [0.2, 0.25) is 0 Å². The van der Waals surface area contributed by atoms with Crippen LogP contribution in [-0.2, 0) is 55.8 Å². The molecule has 740 valence electrons. The van der Waals surface area contributed by atoms with Crippen LogP contribution in [0.15, 0.2) is 182 Å². The minimum atomic E-state index is -4.95. The molecule has 4 N–H and O–H groups in total. The van der Waals surface area contributed by atoms with Gasteiger partial charge in [-0.3, -0.25) is 32.5 Å². The molecule has 0 heterocycles. The fourth-order valence-corrected chi connectivity index (χ4v) is 15.9. The number of aliphatic hydroxyl groups excluding tert-OH is 2. The maximum atomic E-state index is 13.1. The van der Waals surface area contributed by atoms with Gasteiger partial charge in [-0.2, -0.15) is 0 Å². The van der Waals surface area contributed by atoms with E-state index in [-0.39, 0.29) is 19.3 Å². The van der Waals surface area contributed by atoms with Gasteiger partial charge in [-0.1, -0.05) is 447 Å². The fraction of sp³-hybridized carbons (Fsp3) is 0.703. The number of phosphoric acid groups is 2. The summed E-state index contributed by atoms with van der Waals surface area (Å²) in [6, 6.07) is 0. The van der Waals surface area contributed by atoms with E-state index >= 15 is 0 Å². The van der Waals surface area contributed by atoms with Crippen molar-refractivity contribution in [2.75, 3.05) is 39.6 Å². The van der Waals surface area contributed by atoms with Gasteiger partial charge in [0.25, 0.3) is 0 Å². The first kappa shape index (κ1) is 124. The Hall–Kier alpha value is -5.35. The Morgan fingerprint density at radius 3 is 0.651 bits per heavy atom. The summed E-state index contributed by atoms with van der Waals surface area (Å²) >= 11 is 0. The number of rotatable bonds is 98. The molecule has 129 heavy (non-hydrogen) atoms. The minimum absolute atomic E-state index is 0.0986. The molecule has 0 fully saturated rings. The van der Waals surface area contributed by atoms with Crippen molar-refractivity contribution in [3.05, 3.63) is 182 Å². The summed E-state index contributed by atoms with van der Waals surface area (Å²) in [7, 11) is -9.82. The van der Waals surface area contributed by atoms with Crippen molar-refractivity contribution in [3.63, 3.8) is 0 Å². The van der Waals surface area contributed by atoms with Crippen molar-refractivity contribution in [1.82, 2.24) is 0 Å². The van der Waals surface area contributed by atoms with Crippen LogP contribution >= 0.6 is 15.6 Å². The summed E-state index contributed by atoms with van der Waals surface area (Å²) in [6.45, 7) is 2.50. The topological polar surface area (TPSA) is 231 Å². The highest BCUT2D eigenvalue weighted by Gasteiger charge is 2.30. The van der Waals surface area contributed by atoms with Crippen LogP contribution in [0.4, 0.5) is 0 Å². The molecular weight excluding hydrogens is 1650 g/mol. The average Bonchev–Trinajstić information content (AvgIpc) is 0.894. The Morgan fingerprint density at radius 1 is 0.225 bits per heavy atom. The Balaban J connectivity index is 4.61. The molecule has 0 amide bonds. The Labute approximate surface area is 789 Å². The van der Waals surface area contributed by atoms with E-state index in [4.69, 9.17) is 32.3 Å². The number of aliphatic hydroxyl groups is 2. The van der Waals surface area contributed by atoms with E-state index in [1.165, 1.54) is 218 Å². The summed E-state index contributed by atoms with van der Waals surface area (Å²) in [5.74, 6) is -1.56. The number of ether oxygens (including phenoxy) is 3. The Kier molecular flexibility index (Phi) is 97.4. The molecule has 0 aromatic carbocycles. The molecular formula is C111H190O16P2. The van der Waals surface area contributed by atoms with Crippen LogP contribution < -0.4 is 0 Å². The third-order valence-electron chi connectivity index (χ3n) is 22.1. The van der Waals surface area contributed by atoms with Crippen molar-refractivity contribution < 1.29 is 75.8 Å². The van der Waals surface area contributed by atoms with Gasteiger partial charge in [0.05, 0.1) is 26.4 Å². The molecule has 0 aliphatic rings. The van der Waals surface area contributed by atoms with E-state index < -0.39 is 91.5 Å². The zero-order chi connectivity index (χ0) is 93.5. The largest absolute Gasteiger partial charge is 0.472 e. The van der Waals surface area contributed by atoms with Gasteiger partial charge in [-0.05, 0) is 161 Å². The second kappa shape index (κ2) is 102. The second-order valence-electron chi connectivity index (χ2n) is 34.6. The van der Waals surface area contributed by atoms with Crippen LogP contribution in [0.2, 0.25) is 0 Å². The standard InChI is InChI=1S/C111H190O16P2/c1-4-7-10-13-16-19-22-25-28-31-34-37-40-43-46-48-50-52-54-56-59-61-64-67-70-73-76-79-82-85-88-91-94-97-109(114)121-100-106(112)101-123-128(117,118)124-102-107(113)103-125-129(119,120)126-105-108(127-111(116)99-96-93-90-87-84-81-78-75-72-69-66-63-58-45-42-39-36-33-30-27-24-21-18-15-12-9-6-3)104-122-110(115)98-95-92-89-86-83-80-77-74-71-68-65-62-60-57-55-53-51-49-47-44-41-38-35-32-29-26-23-20-17-14-11-8-5-2/h7-8,10-11,16-21,25-30,34-39,43-47,50,52,58,106-108,112-113H,4-6,9,12-15,22-24,31-33,40-42,48-49,51,53-57,59-105H2,1-3H3,(H,117,118)(H,119,120)/b10-7-,11-8-,19-16-,20-17-,21-18-,28-25-,29-26-,30-27-,37-34-,38-35-,39-36-,46-43-,47-44-,52-50-,58-45-. The van der Waals surface area contributed by atoms with Crippen molar-refractivity contribution in [2.24, 2.45) is 0 Å². The minimum Gasteiger partial charge on any atom is -0.463 e. The number of unbranched alkanes of at least 4 members (excludes halogenated alkanes) is 45. The number of allylic oxidation sites excluding steroid dienone is 30. The lowest BCUT2D eigenvalue weighted by atomic mass is 10.0. The van der Waals surface area contributed by atoms with Crippen molar-refractivity contribution in [2.45, 2.75) is 463 Å². The van der Waals surface area contributed by atoms with Crippen molar-refractivity contribution in [1.29, 1.82) is 0 Å². The fourth-order valence-electron chi connectivity index (χ4n) is 14.3. The van der Waals surface area contributed by atoms with Gasteiger partial charge in [0.15, 0.2) is 6.10 Å². The molecule has 0 radical (unpaired) electrons. The van der Waals surface area contributed by atoms with Gasteiger partial charge in [0, 0.05) is 19.3 Å². The number of hydrogen-bond donors (Lipinski definition) is 4. The second-order valence-corrected chi connectivity index (χ2v) is 37.5. The van der Waals surface area contributed by atoms with Crippen molar-refractivity contribution >= 4 is 33.6 Å². The predicted octanol–water partition coefficient (Wildman–Crippen LogP) is 33.1. The third-order valence-corrected chi connectivity index (χ3v) is 24.0. The van der Waals surface area contributed by atoms with Gasteiger partial charge in [-0.25, -0.2) is 9.13 Å². The molecule has 5 atom stereocenters. The van der Waals surface area contributed by atoms with E-state index in [1.54, 1.807) is 0 Å². The molecule has 0 aliphatic carbocycles. The van der Waals surface area contributed by atoms with Crippen LogP contribution in [-0.4, -0.2) is 95.9 Å². The zero-order valence-corrected chi connectivity index (χ0v) is 83.8. The number of phosphoric ester groups is 2. The van der Waals surface area contributed by atoms with Crippen LogP contribution in [0.25, 0.3) is 0 Å². The van der Waals surface area contributed by atoms with Crippen LogP contribution in [0.1, 0.15) is 445 Å². The van der Waals surface area contributed by atoms with Gasteiger partial charge in [0.1, 0.15) is 25.4 Å². The quantitative estimate of drug-likeness (QED) is 0.0146. The molecule has 0 rings (SSSR count). The first-order valence-electron chi connectivity index (χ1n) is 52.1. The molecule has 0 saturated carbocycles. The van der Waals surface area contributed by atoms with Crippen molar-refractivity contribution in [3.8, 4) is 0 Å². The molecule has 0 aromatic heterocycles. The van der Waals surface area contributed by atoms with E-state index in [1.807, 2.05) is 0 Å². The molecule has 18 heteroatoms. The number of esters is 3. The van der Waals surface area contributed by atoms with Gasteiger partial charge in [-0.15, -0.1) is 0 Å². The highest BCUT2D eigenvalue weighted by molar-refractivity contribution is 7.47. The van der Waals surface area contributed by atoms with Crippen LogP contribution in [0.3, 0.4) is 0 Å². The normalized spacial score (nSPS) is 14.4. The lowest BCUT2D eigenvalue weighted by Gasteiger charge is -2.21. The highest BCUT2D eigenvalue weighted by atomic mass is 31.2. The summed E-state index contributed by atoms with van der Waals surface area (Å²) in [5.41, 5.74) is 0. The monoisotopic (exact) mass is 1840 g/mol. The van der Waals surface area contributed by atoms with Crippen LogP contribution in [0.5, 0.6) is 0 Å². The maximum absolute atomic E-state index is 13.1. The van der Waals surface area contributed by atoms with Gasteiger partial charge < -0.3 is 34.2 Å². The zero-order valence-electron chi connectivity index (χ0n) is 82.0. The number of hydrogen-bond acceptors (Lipinski definition) is 14. The molecule has 0 aliphatic heterocycles. The maximum Gasteiger partial charge on any atom is 0.472 e. The lowest BCUT2D eigenvalue weighted by Crippen LogP contribution is -2.30. The van der Waals surface area contributed by atoms with E-state index in [9.17, 15) is 43.5 Å². The summed E-state index contributed by atoms with van der Waals surface area (Å²) < 4.78 is 61.7. The number of carbonyl (C=O) groups is 3. The van der Waals surface area contributed by atoms with E-state index in [2.05, 4.69) is 203 Å². The summed E-state index contributed by atoms with van der Waals surface area (Å²) in [5, 5.41) is 20.8. The molecule has 0 saturated heterocycles. The molecule has 0 spiro atoms. The Bertz CT molecular complexity index is 3080. The SMILES string of the molecule is CC/C=C\C/C=C\C/C=C\C/C=C\C/C=C\C/C=C\CCCCCCCCCCCCCCCCC(=O)OCC(O)COP(=O)(O)OCC(O)COP(=O)(O)OCC(COC(=O)CCCCCCCCCCCCCCCCCCC/C=C\C/C=C\C/C=C\C/C=C\C/C=C\CC)OC(=O)CCCCCCCCCCCCC/C=C\C/C=C\C/C=C\C/C=C\CCCCC. The van der Waals surface area contributed by atoms with Gasteiger partial charge >= 0.3 is 33.6 Å². The molecule has 5 unspecified atom stereocenters. The van der Waals surface area contributed by atoms with Crippen LogP contribution in [0, 0.1) is 0 Å². The summed E-state index contributed by atoms with van der Waals surface area (Å²) in [6.07, 6.45) is 135. The Morgan fingerprint density at radius 2 is 0.411 bits per heavy atom. The molecule has 16 nitrogen and oxygen atoms in total. The smallest absolute Gasteiger partial charge is 0.463 e. The number of carbonyl (C=O) groups excluding carboxylic acids is 3. The van der Waals surface area contributed by atoms with E-state index in [0.29, 0.717) is 19.3 Å². The summed E-state index contributed by atoms with van der Waals surface area (Å²) in [4.78, 5) is 59.3. The molecule has 0 bridgehead atoms.